The molecule has 1 heterocycles. The standard InChI is InChI=1S/C7H11ClN2S2/c1-11-5-7-10-9-6(12-7)3-2-4-8/h2-5H2,1H3. The monoisotopic (exact) mass is 222 g/mol. The van der Waals surface area contributed by atoms with Gasteiger partial charge in [0.2, 0.25) is 0 Å². The molecule has 0 aliphatic carbocycles. The molecule has 0 aromatic carbocycles. The summed E-state index contributed by atoms with van der Waals surface area (Å²) >= 11 is 9.04. The van der Waals surface area contributed by atoms with Gasteiger partial charge in [-0.1, -0.05) is 0 Å². The minimum atomic E-state index is 0.706. The summed E-state index contributed by atoms with van der Waals surface area (Å²) in [6.45, 7) is 0. The van der Waals surface area contributed by atoms with E-state index in [1.54, 1.807) is 23.1 Å². The topological polar surface area (TPSA) is 25.8 Å². The Morgan fingerprint density at radius 1 is 1.42 bits per heavy atom. The summed E-state index contributed by atoms with van der Waals surface area (Å²) in [7, 11) is 0. The van der Waals surface area contributed by atoms with E-state index in [4.69, 9.17) is 11.6 Å². The molecule has 12 heavy (non-hydrogen) atoms. The van der Waals surface area contributed by atoms with Gasteiger partial charge in [0.15, 0.2) is 0 Å². The molecule has 0 fully saturated rings. The first-order chi connectivity index (χ1) is 5.86. The summed E-state index contributed by atoms with van der Waals surface area (Å²) in [6.07, 6.45) is 4.03. The van der Waals surface area contributed by atoms with Gasteiger partial charge in [0, 0.05) is 18.1 Å². The van der Waals surface area contributed by atoms with Crippen molar-refractivity contribution in [2.45, 2.75) is 18.6 Å². The van der Waals surface area contributed by atoms with Crippen molar-refractivity contribution in [1.82, 2.24) is 10.2 Å². The summed E-state index contributed by atoms with van der Waals surface area (Å²) in [5.41, 5.74) is 0. The van der Waals surface area contributed by atoms with Crippen LogP contribution in [-0.2, 0) is 12.2 Å². The summed E-state index contributed by atoms with van der Waals surface area (Å²) in [6, 6.07) is 0. The number of nitrogens with zero attached hydrogens (tertiary/aromatic N) is 2. The fourth-order valence-electron chi connectivity index (χ4n) is 0.789. The molecule has 0 aliphatic rings. The number of alkyl halides is 1. The lowest BCUT2D eigenvalue weighted by Gasteiger charge is -1.88. The van der Waals surface area contributed by atoms with Crippen molar-refractivity contribution >= 4 is 34.7 Å². The highest BCUT2D eigenvalue weighted by molar-refractivity contribution is 7.97. The van der Waals surface area contributed by atoms with Crippen LogP contribution in [0.1, 0.15) is 16.4 Å². The molecular weight excluding hydrogens is 212 g/mol. The number of halogens is 1. The minimum absolute atomic E-state index is 0.706. The Morgan fingerprint density at radius 3 is 2.83 bits per heavy atom. The molecule has 0 aliphatic heterocycles. The Morgan fingerprint density at radius 2 is 2.17 bits per heavy atom. The van der Waals surface area contributed by atoms with E-state index in [-0.39, 0.29) is 0 Å². The second kappa shape index (κ2) is 5.78. The molecule has 0 unspecified atom stereocenters. The molecular formula is C7H11ClN2S2. The molecule has 1 aromatic rings. The molecule has 0 spiro atoms. The van der Waals surface area contributed by atoms with Gasteiger partial charge in [0.05, 0.1) is 0 Å². The number of aromatic nitrogens is 2. The molecule has 68 valence electrons. The Hall–Kier alpha value is 0.200. The smallest absolute Gasteiger partial charge is 0.127 e. The molecule has 5 heteroatoms. The van der Waals surface area contributed by atoms with Gasteiger partial charge in [-0.25, -0.2) is 0 Å². The zero-order chi connectivity index (χ0) is 8.81. The molecule has 0 N–H and O–H groups in total. The predicted molar refractivity (Wildman–Crippen MR) is 56.2 cm³/mol. The normalized spacial score (nSPS) is 10.5. The Balaban J connectivity index is 2.41. The van der Waals surface area contributed by atoms with Crippen LogP contribution in [0, 0.1) is 0 Å². The van der Waals surface area contributed by atoms with Gasteiger partial charge in [-0.15, -0.1) is 33.1 Å². The van der Waals surface area contributed by atoms with Crippen LogP contribution >= 0.6 is 34.7 Å². The van der Waals surface area contributed by atoms with E-state index in [1.165, 1.54) is 0 Å². The third-order valence-corrected chi connectivity index (χ3v) is 3.30. The fraction of sp³-hybridized carbons (Fsp3) is 0.714. The molecule has 1 aromatic heterocycles. The van der Waals surface area contributed by atoms with Crippen molar-refractivity contribution in [2.75, 3.05) is 12.1 Å². The number of aryl methyl sites for hydroxylation is 1. The van der Waals surface area contributed by atoms with Crippen LogP contribution in [-0.4, -0.2) is 22.3 Å². The molecule has 0 saturated carbocycles. The number of thioether (sulfide) groups is 1. The second-order valence-electron chi connectivity index (χ2n) is 2.32. The highest BCUT2D eigenvalue weighted by atomic mass is 35.5. The van der Waals surface area contributed by atoms with E-state index < -0.39 is 0 Å². The first kappa shape index (κ1) is 10.3. The number of rotatable bonds is 5. The quantitative estimate of drug-likeness (QED) is 0.717. The van der Waals surface area contributed by atoms with Crippen LogP contribution in [0.2, 0.25) is 0 Å². The van der Waals surface area contributed by atoms with Crippen molar-refractivity contribution in [3.05, 3.63) is 10.0 Å². The lowest BCUT2D eigenvalue weighted by atomic mass is 10.4. The highest BCUT2D eigenvalue weighted by Crippen LogP contribution is 2.15. The second-order valence-corrected chi connectivity index (χ2v) is 4.71. The third kappa shape index (κ3) is 3.29. The first-order valence-corrected chi connectivity index (χ1v) is 6.47. The van der Waals surface area contributed by atoms with E-state index in [2.05, 4.69) is 16.5 Å². The van der Waals surface area contributed by atoms with E-state index in [0.717, 1.165) is 28.6 Å². The van der Waals surface area contributed by atoms with Crippen LogP contribution < -0.4 is 0 Å². The summed E-state index contributed by atoms with van der Waals surface area (Å²) < 4.78 is 0. The average molecular weight is 223 g/mol. The molecule has 0 amide bonds. The van der Waals surface area contributed by atoms with Crippen LogP contribution in [0.3, 0.4) is 0 Å². The molecule has 0 bridgehead atoms. The number of hydrogen-bond acceptors (Lipinski definition) is 4. The van der Waals surface area contributed by atoms with Crippen molar-refractivity contribution < 1.29 is 0 Å². The average Bonchev–Trinajstić information content (AvgIpc) is 2.50. The summed E-state index contributed by atoms with van der Waals surface area (Å²) in [5.74, 6) is 1.68. The van der Waals surface area contributed by atoms with Crippen LogP contribution in [0.4, 0.5) is 0 Å². The van der Waals surface area contributed by atoms with E-state index in [0.29, 0.717) is 5.88 Å². The van der Waals surface area contributed by atoms with E-state index >= 15 is 0 Å². The molecule has 0 atom stereocenters. The number of hydrogen-bond donors (Lipinski definition) is 0. The van der Waals surface area contributed by atoms with Crippen molar-refractivity contribution in [3.8, 4) is 0 Å². The Bertz CT molecular complexity index is 227. The molecule has 0 saturated heterocycles. The zero-order valence-electron chi connectivity index (χ0n) is 6.92. The third-order valence-electron chi connectivity index (χ3n) is 1.30. The van der Waals surface area contributed by atoms with Crippen molar-refractivity contribution in [3.63, 3.8) is 0 Å². The van der Waals surface area contributed by atoms with Gasteiger partial charge in [0.25, 0.3) is 0 Å². The predicted octanol–water partition coefficient (Wildman–Crippen LogP) is 2.57. The Kier molecular flexibility index (Phi) is 4.95. The maximum absolute atomic E-state index is 5.57. The highest BCUT2D eigenvalue weighted by Gasteiger charge is 2.02. The Labute approximate surface area is 85.7 Å². The van der Waals surface area contributed by atoms with Crippen LogP contribution in [0.25, 0.3) is 0 Å². The first-order valence-electron chi connectivity index (χ1n) is 3.73. The maximum atomic E-state index is 5.57. The summed E-state index contributed by atoms with van der Waals surface area (Å²) in [4.78, 5) is 0. The maximum Gasteiger partial charge on any atom is 0.127 e. The van der Waals surface area contributed by atoms with Gasteiger partial charge < -0.3 is 0 Å². The van der Waals surface area contributed by atoms with Crippen molar-refractivity contribution in [1.29, 1.82) is 0 Å². The largest absolute Gasteiger partial charge is 0.158 e. The lowest BCUT2D eigenvalue weighted by Crippen LogP contribution is -1.84. The van der Waals surface area contributed by atoms with Gasteiger partial charge in [-0.2, -0.15) is 11.8 Å². The molecule has 2 nitrogen and oxygen atoms in total. The van der Waals surface area contributed by atoms with Gasteiger partial charge in [0.1, 0.15) is 10.0 Å². The van der Waals surface area contributed by atoms with Gasteiger partial charge >= 0.3 is 0 Å². The van der Waals surface area contributed by atoms with Gasteiger partial charge in [-0.3, -0.25) is 0 Å². The fourth-order valence-corrected chi connectivity index (χ4v) is 2.50. The molecule has 0 radical (unpaired) electrons. The van der Waals surface area contributed by atoms with Gasteiger partial charge in [-0.05, 0) is 12.7 Å². The van der Waals surface area contributed by atoms with Crippen LogP contribution in [0.15, 0.2) is 0 Å². The van der Waals surface area contributed by atoms with E-state index in [9.17, 15) is 0 Å². The van der Waals surface area contributed by atoms with Crippen LogP contribution in [0.5, 0.6) is 0 Å². The SMILES string of the molecule is CSCc1nnc(CCCCl)s1. The molecule has 1 rings (SSSR count). The van der Waals surface area contributed by atoms with E-state index in [1.807, 2.05) is 0 Å². The minimum Gasteiger partial charge on any atom is -0.158 e. The lowest BCUT2D eigenvalue weighted by molar-refractivity contribution is 0.877. The zero-order valence-corrected chi connectivity index (χ0v) is 9.31. The summed E-state index contributed by atoms with van der Waals surface area (Å²) in [5, 5.41) is 10.4. The van der Waals surface area contributed by atoms with Crippen molar-refractivity contribution in [2.24, 2.45) is 0 Å².